The van der Waals surface area contributed by atoms with Gasteiger partial charge < -0.3 is 9.64 Å². The number of hydrogen-bond donors (Lipinski definition) is 0. The van der Waals surface area contributed by atoms with Crippen molar-refractivity contribution in [1.82, 2.24) is 0 Å². The van der Waals surface area contributed by atoms with Crippen LogP contribution in [0, 0.1) is 10.1 Å². The highest BCUT2D eigenvalue weighted by Crippen LogP contribution is 2.42. The van der Waals surface area contributed by atoms with E-state index in [-0.39, 0.29) is 9.92 Å². The number of nitrogens with zero attached hydrogens (tertiary/aromatic N) is 2. The highest BCUT2D eigenvalue weighted by molar-refractivity contribution is 7.19. The van der Waals surface area contributed by atoms with E-state index in [1.54, 1.807) is 6.07 Å². The molecule has 0 saturated carbocycles. The fraction of sp³-hybridized carbons (Fsp3) is 0.286. The molecule has 0 aliphatic carbocycles. The molecule has 2 heterocycles. The number of anilines is 1. The molecule has 0 N–H and O–H groups in total. The lowest BCUT2D eigenvalue weighted by molar-refractivity contribution is -0.380. The van der Waals surface area contributed by atoms with Crippen LogP contribution in [0.3, 0.4) is 0 Å². The summed E-state index contributed by atoms with van der Waals surface area (Å²) in [6.07, 6.45) is 0. The van der Waals surface area contributed by atoms with E-state index in [0.717, 1.165) is 29.2 Å². The van der Waals surface area contributed by atoms with Crippen molar-refractivity contribution in [2.75, 3.05) is 31.2 Å². The van der Waals surface area contributed by atoms with E-state index in [1.165, 1.54) is 11.3 Å². The summed E-state index contributed by atoms with van der Waals surface area (Å²) in [7, 11) is 0. The number of rotatable bonds is 3. The van der Waals surface area contributed by atoms with E-state index in [0.29, 0.717) is 13.2 Å². The van der Waals surface area contributed by atoms with Crippen LogP contribution in [0.25, 0.3) is 11.1 Å². The van der Waals surface area contributed by atoms with Crippen LogP contribution >= 0.6 is 11.3 Å². The fourth-order valence-corrected chi connectivity index (χ4v) is 3.33. The van der Waals surface area contributed by atoms with Gasteiger partial charge in [-0.1, -0.05) is 30.3 Å². The Kier molecular flexibility index (Phi) is 3.66. The van der Waals surface area contributed by atoms with E-state index in [9.17, 15) is 10.1 Å². The Hall–Kier alpha value is -1.92. The van der Waals surface area contributed by atoms with Crippen LogP contribution in [0.5, 0.6) is 0 Å². The van der Waals surface area contributed by atoms with Gasteiger partial charge in [-0.05, 0) is 16.9 Å². The number of benzene rings is 1. The first-order valence-electron chi connectivity index (χ1n) is 6.42. The highest BCUT2D eigenvalue weighted by Gasteiger charge is 2.23. The lowest BCUT2D eigenvalue weighted by atomic mass is 10.1. The molecular formula is C14H14N2O3S. The summed E-state index contributed by atoms with van der Waals surface area (Å²) in [5.74, 6) is 0. The molecule has 0 unspecified atom stereocenters. The summed E-state index contributed by atoms with van der Waals surface area (Å²) in [5.41, 5.74) is 1.95. The third kappa shape index (κ3) is 2.52. The number of morpholine rings is 1. The Morgan fingerprint density at radius 3 is 2.55 bits per heavy atom. The molecular weight excluding hydrogens is 276 g/mol. The lowest BCUT2D eigenvalue weighted by Crippen LogP contribution is -2.35. The normalized spacial score (nSPS) is 15.3. The summed E-state index contributed by atoms with van der Waals surface area (Å²) < 4.78 is 5.35. The van der Waals surface area contributed by atoms with Crippen molar-refractivity contribution >= 4 is 21.3 Å². The van der Waals surface area contributed by atoms with Crippen molar-refractivity contribution in [3.05, 3.63) is 46.5 Å². The van der Waals surface area contributed by atoms with Crippen molar-refractivity contribution in [2.24, 2.45) is 0 Å². The van der Waals surface area contributed by atoms with Gasteiger partial charge in [0.25, 0.3) is 0 Å². The second-order valence-electron chi connectivity index (χ2n) is 4.53. The first-order valence-corrected chi connectivity index (χ1v) is 7.23. The molecule has 0 atom stereocenters. The zero-order chi connectivity index (χ0) is 13.9. The average molecular weight is 290 g/mol. The Morgan fingerprint density at radius 1 is 1.20 bits per heavy atom. The van der Waals surface area contributed by atoms with E-state index in [1.807, 2.05) is 30.3 Å². The molecule has 1 fully saturated rings. The van der Waals surface area contributed by atoms with Crippen LogP contribution in [-0.2, 0) is 4.74 Å². The monoisotopic (exact) mass is 290 g/mol. The van der Waals surface area contributed by atoms with Gasteiger partial charge in [-0.3, -0.25) is 10.1 Å². The van der Waals surface area contributed by atoms with E-state index >= 15 is 0 Å². The van der Waals surface area contributed by atoms with E-state index in [2.05, 4.69) is 4.90 Å². The minimum Gasteiger partial charge on any atom is -0.378 e. The van der Waals surface area contributed by atoms with Gasteiger partial charge in [-0.25, -0.2) is 0 Å². The number of ether oxygens (including phenoxy) is 1. The first kappa shape index (κ1) is 13.1. The molecule has 0 bridgehead atoms. The molecule has 104 valence electrons. The molecule has 3 rings (SSSR count). The van der Waals surface area contributed by atoms with Crippen LogP contribution in [0.2, 0.25) is 0 Å². The van der Waals surface area contributed by atoms with Gasteiger partial charge in [0.1, 0.15) is 5.00 Å². The van der Waals surface area contributed by atoms with Crippen molar-refractivity contribution < 1.29 is 9.66 Å². The molecule has 1 aromatic heterocycles. The van der Waals surface area contributed by atoms with Gasteiger partial charge in [0.2, 0.25) is 0 Å². The summed E-state index contributed by atoms with van der Waals surface area (Å²) in [4.78, 5) is 12.9. The van der Waals surface area contributed by atoms with Crippen LogP contribution in [0.4, 0.5) is 10.0 Å². The predicted octanol–water partition coefficient (Wildman–Crippen LogP) is 3.16. The number of hydrogen-bond acceptors (Lipinski definition) is 5. The number of nitro groups is 1. The summed E-state index contributed by atoms with van der Waals surface area (Å²) in [6.45, 7) is 2.88. The van der Waals surface area contributed by atoms with E-state index < -0.39 is 0 Å². The molecule has 5 nitrogen and oxygen atoms in total. The molecule has 1 aliphatic heterocycles. The molecule has 6 heteroatoms. The van der Waals surface area contributed by atoms with Gasteiger partial charge in [0.05, 0.1) is 18.1 Å². The van der Waals surface area contributed by atoms with Crippen LogP contribution in [0.1, 0.15) is 0 Å². The van der Waals surface area contributed by atoms with Crippen molar-refractivity contribution in [3.63, 3.8) is 0 Å². The van der Waals surface area contributed by atoms with E-state index in [4.69, 9.17) is 4.74 Å². The minimum absolute atomic E-state index is 0.186. The Balaban J connectivity index is 2.04. The van der Waals surface area contributed by atoms with Gasteiger partial charge >= 0.3 is 5.00 Å². The van der Waals surface area contributed by atoms with Crippen molar-refractivity contribution in [1.29, 1.82) is 0 Å². The van der Waals surface area contributed by atoms with Crippen LogP contribution < -0.4 is 4.90 Å². The molecule has 20 heavy (non-hydrogen) atoms. The first-order chi connectivity index (χ1) is 9.75. The van der Waals surface area contributed by atoms with Crippen molar-refractivity contribution in [3.8, 4) is 11.1 Å². The zero-order valence-electron chi connectivity index (χ0n) is 10.8. The quantitative estimate of drug-likeness (QED) is 0.643. The molecule has 0 amide bonds. The fourth-order valence-electron chi connectivity index (χ4n) is 2.28. The van der Waals surface area contributed by atoms with Crippen LogP contribution in [-0.4, -0.2) is 31.2 Å². The third-order valence-corrected chi connectivity index (χ3v) is 4.41. The molecule has 1 saturated heterocycles. The van der Waals surface area contributed by atoms with Gasteiger partial charge in [0, 0.05) is 24.7 Å². The average Bonchev–Trinajstić information content (AvgIpc) is 2.94. The maximum atomic E-state index is 11.1. The molecule has 1 aromatic carbocycles. The highest BCUT2D eigenvalue weighted by atomic mass is 32.1. The maximum Gasteiger partial charge on any atom is 0.326 e. The molecule has 2 aromatic rings. The number of thiophene rings is 1. The lowest BCUT2D eigenvalue weighted by Gasteiger charge is -2.28. The smallest absolute Gasteiger partial charge is 0.326 e. The third-order valence-electron chi connectivity index (χ3n) is 3.26. The minimum atomic E-state index is -0.318. The standard InChI is InChI=1S/C14H14N2O3S/c17-16(18)13-10-12(11-4-2-1-3-5-11)14(20-13)15-6-8-19-9-7-15/h1-5,10H,6-9H2. The van der Waals surface area contributed by atoms with Gasteiger partial charge in [0.15, 0.2) is 0 Å². The Labute approximate surface area is 120 Å². The largest absolute Gasteiger partial charge is 0.378 e. The molecule has 0 radical (unpaired) electrons. The predicted molar refractivity (Wildman–Crippen MR) is 79.4 cm³/mol. The Bertz CT molecular complexity index is 606. The molecule has 1 aliphatic rings. The van der Waals surface area contributed by atoms with Gasteiger partial charge in [-0.2, -0.15) is 0 Å². The maximum absolute atomic E-state index is 11.1. The summed E-state index contributed by atoms with van der Waals surface area (Å²) >= 11 is 1.24. The SMILES string of the molecule is O=[N+]([O-])c1cc(-c2ccccc2)c(N2CCOCC2)s1. The Morgan fingerprint density at radius 2 is 1.90 bits per heavy atom. The van der Waals surface area contributed by atoms with Gasteiger partial charge in [-0.15, -0.1) is 0 Å². The van der Waals surface area contributed by atoms with Crippen molar-refractivity contribution in [2.45, 2.75) is 0 Å². The second-order valence-corrected chi connectivity index (χ2v) is 5.54. The van der Waals surface area contributed by atoms with Crippen LogP contribution in [0.15, 0.2) is 36.4 Å². The topological polar surface area (TPSA) is 55.6 Å². The summed E-state index contributed by atoms with van der Waals surface area (Å²) in [6, 6.07) is 11.5. The second kappa shape index (κ2) is 5.60. The zero-order valence-corrected chi connectivity index (χ0v) is 11.6. The summed E-state index contributed by atoms with van der Waals surface area (Å²) in [5, 5.41) is 12.2. The molecule has 0 spiro atoms.